The number of nitrogens with one attached hydrogen (secondary N) is 1. The van der Waals surface area contributed by atoms with Gasteiger partial charge in [0.1, 0.15) is 6.67 Å². The highest BCUT2D eigenvalue weighted by molar-refractivity contribution is 4.76. The van der Waals surface area contributed by atoms with E-state index < -0.39 is 12.8 Å². The summed E-state index contributed by atoms with van der Waals surface area (Å²) in [7, 11) is 0. The molecule has 1 aliphatic carbocycles. The Morgan fingerprint density at radius 3 is 2.92 bits per heavy atom. The lowest BCUT2D eigenvalue weighted by atomic mass is 9.87. The van der Waals surface area contributed by atoms with Gasteiger partial charge in [-0.05, 0) is 18.8 Å². The fourth-order valence-corrected chi connectivity index (χ4v) is 1.98. The van der Waals surface area contributed by atoms with Crippen LogP contribution in [-0.4, -0.2) is 30.5 Å². The van der Waals surface area contributed by atoms with Crippen LogP contribution in [0.15, 0.2) is 0 Å². The number of alkyl halides is 1. The first-order valence-electron chi connectivity index (χ1n) is 5.19. The van der Waals surface area contributed by atoms with Crippen LogP contribution in [0.25, 0.3) is 0 Å². The summed E-state index contributed by atoms with van der Waals surface area (Å²) in [5.74, 6) is 0.772. The Morgan fingerprint density at radius 2 is 2.31 bits per heavy atom. The van der Waals surface area contributed by atoms with Crippen LogP contribution in [0.1, 0.15) is 32.6 Å². The Hall–Kier alpha value is -0.150. The van der Waals surface area contributed by atoms with Gasteiger partial charge in [-0.15, -0.1) is 0 Å². The van der Waals surface area contributed by atoms with E-state index in [1.54, 1.807) is 0 Å². The van der Waals surface area contributed by atoms with Gasteiger partial charge in [0.05, 0.1) is 6.10 Å². The predicted octanol–water partition coefficient (Wildman–Crippen LogP) is 1.49. The number of halogens is 1. The number of hydrogen-bond acceptors (Lipinski definition) is 2. The molecule has 3 heteroatoms. The highest BCUT2D eigenvalue weighted by Crippen LogP contribution is 2.23. The van der Waals surface area contributed by atoms with Crippen LogP contribution >= 0.6 is 0 Å². The number of aliphatic hydroxyl groups is 1. The van der Waals surface area contributed by atoms with Gasteiger partial charge in [-0.25, -0.2) is 4.39 Å². The number of aliphatic hydroxyl groups excluding tert-OH is 1. The van der Waals surface area contributed by atoms with Crippen molar-refractivity contribution < 1.29 is 9.50 Å². The molecule has 0 bridgehead atoms. The van der Waals surface area contributed by atoms with E-state index in [-0.39, 0.29) is 0 Å². The summed E-state index contributed by atoms with van der Waals surface area (Å²) in [6.07, 6.45) is 4.08. The zero-order valence-corrected chi connectivity index (χ0v) is 8.30. The molecule has 3 atom stereocenters. The molecular weight excluding hydrogens is 169 g/mol. The Balaban J connectivity index is 2.13. The number of hydrogen-bond donors (Lipinski definition) is 2. The average molecular weight is 189 g/mol. The minimum atomic E-state index is -0.822. The molecule has 0 saturated heterocycles. The Bertz CT molecular complexity index is 143. The van der Waals surface area contributed by atoms with E-state index in [1.807, 2.05) is 0 Å². The summed E-state index contributed by atoms with van der Waals surface area (Å²) in [6.45, 7) is 2.00. The molecule has 0 aromatic carbocycles. The third-order valence-electron chi connectivity index (χ3n) is 2.76. The molecule has 1 aliphatic rings. The first-order valence-corrected chi connectivity index (χ1v) is 5.19. The van der Waals surface area contributed by atoms with E-state index in [2.05, 4.69) is 12.2 Å². The van der Waals surface area contributed by atoms with Crippen LogP contribution < -0.4 is 5.32 Å². The maximum absolute atomic E-state index is 11.9. The Labute approximate surface area is 79.5 Å². The maximum atomic E-state index is 11.9. The topological polar surface area (TPSA) is 32.3 Å². The highest BCUT2D eigenvalue weighted by Gasteiger charge is 2.18. The summed E-state index contributed by atoms with van der Waals surface area (Å²) in [5.41, 5.74) is 0. The molecule has 1 rings (SSSR count). The maximum Gasteiger partial charge on any atom is 0.117 e. The normalized spacial score (nSPS) is 31.6. The van der Waals surface area contributed by atoms with Crippen LogP contribution in [0.5, 0.6) is 0 Å². The van der Waals surface area contributed by atoms with Gasteiger partial charge in [0.25, 0.3) is 0 Å². The molecule has 0 aliphatic heterocycles. The third kappa shape index (κ3) is 4.05. The molecule has 2 N–H and O–H groups in total. The highest BCUT2D eigenvalue weighted by atomic mass is 19.1. The third-order valence-corrected chi connectivity index (χ3v) is 2.76. The van der Waals surface area contributed by atoms with Gasteiger partial charge in [0.2, 0.25) is 0 Å². The summed E-state index contributed by atoms with van der Waals surface area (Å²) in [6, 6.07) is 0.491. The second-order valence-electron chi connectivity index (χ2n) is 4.19. The minimum Gasteiger partial charge on any atom is -0.389 e. The fraction of sp³-hybridized carbons (Fsp3) is 1.00. The molecule has 78 valence electrons. The minimum absolute atomic E-state index is 0.397. The molecule has 0 aromatic rings. The van der Waals surface area contributed by atoms with Gasteiger partial charge in [-0.3, -0.25) is 0 Å². The lowest BCUT2D eigenvalue weighted by Gasteiger charge is -2.28. The zero-order chi connectivity index (χ0) is 9.68. The molecule has 0 amide bonds. The SMILES string of the molecule is CC1CCCC(NCC(O)CF)C1. The van der Waals surface area contributed by atoms with Gasteiger partial charge in [-0.2, -0.15) is 0 Å². The van der Waals surface area contributed by atoms with Crippen molar-refractivity contribution in [3.05, 3.63) is 0 Å². The van der Waals surface area contributed by atoms with Crippen molar-refractivity contribution >= 4 is 0 Å². The average Bonchev–Trinajstić information content (AvgIpc) is 2.14. The molecule has 3 unspecified atom stereocenters. The van der Waals surface area contributed by atoms with E-state index in [0.29, 0.717) is 12.6 Å². The van der Waals surface area contributed by atoms with Gasteiger partial charge in [-0.1, -0.05) is 19.8 Å². The van der Waals surface area contributed by atoms with Crippen LogP contribution in [0.2, 0.25) is 0 Å². The second-order valence-corrected chi connectivity index (χ2v) is 4.19. The van der Waals surface area contributed by atoms with Crippen molar-refractivity contribution in [1.29, 1.82) is 0 Å². The van der Waals surface area contributed by atoms with Gasteiger partial charge in [0.15, 0.2) is 0 Å². The van der Waals surface area contributed by atoms with Crippen molar-refractivity contribution in [2.75, 3.05) is 13.2 Å². The smallest absolute Gasteiger partial charge is 0.117 e. The van der Waals surface area contributed by atoms with Crippen LogP contribution in [0.4, 0.5) is 4.39 Å². The fourth-order valence-electron chi connectivity index (χ4n) is 1.98. The molecule has 0 aromatic heterocycles. The largest absolute Gasteiger partial charge is 0.389 e. The molecule has 2 nitrogen and oxygen atoms in total. The molecule has 13 heavy (non-hydrogen) atoms. The van der Waals surface area contributed by atoms with Crippen LogP contribution in [0.3, 0.4) is 0 Å². The second kappa shape index (κ2) is 5.55. The van der Waals surface area contributed by atoms with Gasteiger partial charge in [0, 0.05) is 12.6 Å². The Kier molecular flexibility index (Phi) is 4.67. The van der Waals surface area contributed by atoms with E-state index in [9.17, 15) is 4.39 Å². The van der Waals surface area contributed by atoms with E-state index in [1.165, 1.54) is 25.7 Å². The first kappa shape index (κ1) is 10.9. The Morgan fingerprint density at radius 1 is 1.54 bits per heavy atom. The van der Waals surface area contributed by atoms with Crippen molar-refractivity contribution in [3.8, 4) is 0 Å². The molecule has 1 saturated carbocycles. The summed E-state index contributed by atoms with van der Waals surface area (Å²) in [5, 5.41) is 12.2. The van der Waals surface area contributed by atoms with Gasteiger partial charge < -0.3 is 10.4 Å². The quantitative estimate of drug-likeness (QED) is 0.702. The summed E-state index contributed by atoms with van der Waals surface area (Å²) >= 11 is 0. The van der Waals surface area contributed by atoms with Crippen molar-refractivity contribution in [2.45, 2.75) is 44.8 Å². The zero-order valence-electron chi connectivity index (χ0n) is 8.30. The van der Waals surface area contributed by atoms with E-state index >= 15 is 0 Å². The van der Waals surface area contributed by atoms with E-state index in [0.717, 1.165) is 5.92 Å². The van der Waals surface area contributed by atoms with Crippen LogP contribution in [0, 0.1) is 5.92 Å². The van der Waals surface area contributed by atoms with Crippen molar-refractivity contribution in [3.63, 3.8) is 0 Å². The van der Waals surface area contributed by atoms with Crippen LogP contribution in [-0.2, 0) is 0 Å². The number of rotatable bonds is 4. The predicted molar refractivity (Wildman–Crippen MR) is 51.4 cm³/mol. The van der Waals surface area contributed by atoms with E-state index in [4.69, 9.17) is 5.11 Å². The summed E-state index contributed by atoms with van der Waals surface area (Å²) < 4.78 is 11.9. The molecule has 0 radical (unpaired) electrons. The molecule has 0 heterocycles. The monoisotopic (exact) mass is 189 g/mol. The lowest BCUT2D eigenvalue weighted by molar-refractivity contribution is 0.129. The van der Waals surface area contributed by atoms with Crippen molar-refractivity contribution in [2.24, 2.45) is 5.92 Å². The van der Waals surface area contributed by atoms with Crippen molar-refractivity contribution in [1.82, 2.24) is 5.32 Å². The molecule has 0 spiro atoms. The van der Waals surface area contributed by atoms with Gasteiger partial charge >= 0.3 is 0 Å². The standard InChI is InChI=1S/C10H20FNO/c1-8-3-2-4-9(5-8)12-7-10(13)6-11/h8-10,12-13H,2-7H2,1H3. The molecule has 1 fully saturated rings. The lowest BCUT2D eigenvalue weighted by Crippen LogP contribution is -2.39. The first-order chi connectivity index (χ1) is 6.22. The summed E-state index contributed by atoms with van der Waals surface area (Å²) in [4.78, 5) is 0. The molecular formula is C10H20FNO.